The SMILES string of the molecule is CC(=O)c1cccc(S(=O)(=O)N2CC(C)OC(c3ccccc3)C2)c1. The van der Waals surface area contributed by atoms with Crippen molar-refractivity contribution >= 4 is 15.8 Å². The lowest BCUT2D eigenvalue weighted by Crippen LogP contribution is -2.45. The number of rotatable bonds is 4. The van der Waals surface area contributed by atoms with Crippen LogP contribution in [0, 0.1) is 0 Å². The topological polar surface area (TPSA) is 63.7 Å². The quantitative estimate of drug-likeness (QED) is 0.787. The Morgan fingerprint density at radius 1 is 1.08 bits per heavy atom. The maximum absolute atomic E-state index is 13.0. The molecule has 1 heterocycles. The summed E-state index contributed by atoms with van der Waals surface area (Å²) in [6.07, 6.45) is -0.527. The molecule has 1 fully saturated rings. The number of sulfonamides is 1. The van der Waals surface area contributed by atoms with E-state index >= 15 is 0 Å². The highest BCUT2D eigenvalue weighted by molar-refractivity contribution is 7.89. The van der Waals surface area contributed by atoms with Gasteiger partial charge in [0.1, 0.15) is 0 Å². The summed E-state index contributed by atoms with van der Waals surface area (Å²) < 4.78 is 33.5. The minimum absolute atomic E-state index is 0.140. The number of benzene rings is 2. The fraction of sp³-hybridized carbons (Fsp3) is 0.316. The number of morpholine rings is 1. The Hall–Kier alpha value is -2.02. The molecule has 0 radical (unpaired) electrons. The van der Waals surface area contributed by atoms with Crippen LogP contribution in [0.25, 0.3) is 0 Å². The highest BCUT2D eigenvalue weighted by Gasteiger charge is 2.34. The van der Waals surface area contributed by atoms with Crippen LogP contribution in [-0.2, 0) is 14.8 Å². The number of hydrogen-bond donors (Lipinski definition) is 0. The molecular formula is C19H21NO4S. The van der Waals surface area contributed by atoms with Crippen molar-refractivity contribution in [2.75, 3.05) is 13.1 Å². The Morgan fingerprint density at radius 3 is 2.48 bits per heavy atom. The van der Waals surface area contributed by atoms with Gasteiger partial charge in [0, 0.05) is 18.7 Å². The predicted octanol–water partition coefficient (Wildman–Crippen LogP) is 3.04. The Bertz CT molecular complexity index is 864. The number of carbonyl (C=O) groups excluding carboxylic acids is 1. The highest BCUT2D eigenvalue weighted by Crippen LogP contribution is 2.29. The van der Waals surface area contributed by atoms with Crippen LogP contribution in [0.2, 0.25) is 0 Å². The summed E-state index contributed by atoms with van der Waals surface area (Å²) in [5.74, 6) is -0.158. The molecule has 2 aromatic rings. The first-order valence-electron chi connectivity index (χ1n) is 8.19. The summed E-state index contributed by atoms with van der Waals surface area (Å²) in [6, 6.07) is 15.8. The molecule has 6 heteroatoms. The lowest BCUT2D eigenvalue weighted by molar-refractivity contribution is -0.0557. The van der Waals surface area contributed by atoms with E-state index in [0.717, 1.165) is 5.56 Å². The molecule has 2 aromatic carbocycles. The van der Waals surface area contributed by atoms with E-state index in [-0.39, 0.29) is 36.0 Å². The average molecular weight is 359 g/mol. The van der Waals surface area contributed by atoms with Gasteiger partial charge in [-0.25, -0.2) is 8.42 Å². The molecular weight excluding hydrogens is 338 g/mol. The molecule has 2 unspecified atom stereocenters. The third kappa shape index (κ3) is 3.81. The Labute approximate surface area is 148 Å². The zero-order valence-electron chi connectivity index (χ0n) is 14.3. The van der Waals surface area contributed by atoms with Gasteiger partial charge < -0.3 is 4.74 Å². The van der Waals surface area contributed by atoms with Crippen LogP contribution >= 0.6 is 0 Å². The molecule has 25 heavy (non-hydrogen) atoms. The van der Waals surface area contributed by atoms with Crippen LogP contribution in [-0.4, -0.2) is 37.7 Å². The summed E-state index contributed by atoms with van der Waals surface area (Å²) >= 11 is 0. The van der Waals surface area contributed by atoms with Crippen molar-refractivity contribution in [2.45, 2.75) is 31.0 Å². The third-order valence-electron chi connectivity index (χ3n) is 4.28. The smallest absolute Gasteiger partial charge is 0.243 e. The molecule has 1 aliphatic heterocycles. The molecule has 1 aliphatic rings. The van der Waals surface area contributed by atoms with E-state index in [1.165, 1.54) is 23.4 Å². The van der Waals surface area contributed by atoms with Crippen LogP contribution in [0.5, 0.6) is 0 Å². The number of ketones is 1. The fourth-order valence-electron chi connectivity index (χ4n) is 2.99. The first-order valence-corrected chi connectivity index (χ1v) is 9.63. The van der Waals surface area contributed by atoms with Crippen molar-refractivity contribution in [3.8, 4) is 0 Å². The number of carbonyl (C=O) groups is 1. The number of ether oxygens (including phenoxy) is 1. The Morgan fingerprint density at radius 2 is 1.80 bits per heavy atom. The summed E-state index contributed by atoms with van der Waals surface area (Å²) in [5.41, 5.74) is 1.34. The lowest BCUT2D eigenvalue weighted by atomic mass is 10.1. The van der Waals surface area contributed by atoms with Crippen molar-refractivity contribution in [2.24, 2.45) is 0 Å². The van der Waals surface area contributed by atoms with Gasteiger partial charge in [0.05, 0.1) is 17.1 Å². The number of Topliss-reactive ketones (excluding diaryl/α,β-unsaturated/α-hetero) is 1. The summed E-state index contributed by atoms with van der Waals surface area (Å²) in [4.78, 5) is 11.7. The normalized spacial score (nSPS) is 21.8. The standard InChI is InChI=1S/C19H21NO4S/c1-14-12-20(13-19(24-14)16-7-4-3-5-8-16)25(22,23)18-10-6-9-17(11-18)15(2)21/h3-11,14,19H,12-13H2,1-2H3. The van der Waals surface area contributed by atoms with E-state index in [1.807, 2.05) is 37.3 Å². The fourth-order valence-corrected chi connectivity index (χ4v) is 4.55. The van der Waals surface area contributed by atoms with Crippen molar-refractivity contribution in [1.82, 2.24) is 4.31 Å². The van der Waals surface area contributed by atoms with E-state index in [4.69, 9.17) is 4.74 Å². The van der Waals surface area contributed by atoms with Gasteiger partial charge in [0.25, 0.3) is 0 Å². The lowest BCUT2D eigenvalue weighted by Gasteiger charge is -2.36. The molecule has 1 saturated heterocycles. The number of nitrogens with zero attached hydrogens (tertiary/aromatic N) is 1. The van der Waals surface area contributed by atoms with Gasteiger partial charge in [-0.2, -0.15) is 4.31 Å². The largest absolute Gasteiger partial charge is 0.368 e. The van der Waals surface area contributed by atoms with Crippen molar-refractivity contribution in [3.63, 3.8) is 0 Å². The third-order valence-corrected chi connectivity index (χ3v) is 6.10. The molecule has 0 N–H and O–H groups in total. The molecule has 0 aromatic heterocycles. The van der Waals surface area contributed by atoms with Gasteiger partial charge in [0.15, 0.2) is 5.78 Å². The maximum Gasteiger partial charge on any atom is 0.243 e. The average Bonchev–Trinajstić information content (AvgIpc) is 2.62. The van der Waals surface area contributed by atoms with E-state index < -0.39 is 10.0 Å². The zero-order valence-corrected chi connectivity index (χ0v) is 15.1. The molecule has 0 spiro atoms. The summed E-state index contributed by atoms with van der Waals surface area (Å²) in [6.45, 7) is 3.83. The minimum Gasteiger partial charge on any atom is -0.368 e. The van der Waals surface area contributed by atoms with Crippen LogP contribution in [0.15, 0.2) is 59.5 Å². The van der Waals surface area contributed by atoms with Gasteiger partial charge in [-0.3, -0.25) is 4.79 Å². The first-order chi connectivity index (χ1) is 11.9. The van der Waals surface area contributed by atoms with Crippen LogP contribution in [0.4, 0.5) is 0 Å². The second kappa shape index (κ2) is 7.07. The van der Waals surface area contributed by atoms with Gasteiger partial charge in [0.2, 0.25) is 10.0 Å². The molecule has 132 valence electrons. The molecule has 2 atom stereocenters. The van der Waals surface area contributed by atoms with Gasteiger partial charge in [-0.15, -0.1) is 0 Å². The second-order valence-corrected chi connectivity index (χ2v) is 8.19. The van der Waals surface area contributed by atoms with Gasteiger partial charge >= 0.3 is 0 Å². The Kier molecular flexibility index (Phi) is 5.03. The van der Waals surface area contributed by atoms with Crippen LogP contribution < -0.4 is 0 Å². The molecule has 0 amide bonds. The molecule has 0 aliphatic carbocycles. The van der Waals surface area contributed by atoms with Gasteiger partial charge in [-0.1, -0.05) is 42.5 Å². The van der Waals surface area contributed by atoms with Crippen molar-refractivity contribution in [1.29, 1.82) is 0 Å². The van der Waals surface area contributed by atoms with Crippen LogP contribution in [0.1, 0.15) is 35.9 Å². The monoisotopic (exact) mass is 359 g/mol. The first kappa shape index (κ1) is 17.8. The van der Waals surface area contributed by atoms with E-state index in [0.29, 0.717) is 5.56 Å². The minimum atomic E-state index is -3.69. The molecule has 3 rings (SSSR count). The van der Waals surface area contributed by atoms with E-state index in [1.54, 1.807) is 12.1 Å². The molecule has 0 bridgehead atoms. The highest BCUT2D eigenvalue weighted by atomic mass is 32.2. The maximum atomic E-state index is 13.0. The van der Waals surface area contributed by atoms with Crippen molar-refractivity contribution in [3.05, 3.63) is 65.7 Å². The molecule has 0 saturated carbocycles. The van der Waals surface area contributed by atoms with Gasteiger partial charge in [-0.05, 0) is 31.5 Å². The second-order valence-electron chi connectivity index (χ2n) is 6.25. The van der Waals surface area contributed by atoms with E-state index in [2.05, 4.69) is 0 Å². The predicted molar refractivity (Wildman–Crippen MR) is 94.9 cm³/mol. The molecule has 5 nitrogen and oxygen atoms in total. The van der Waals surface area contributed by atoms with Crippen molar-refractivity contribution < 1.29 is 17.9 Å². The number of hydrogen-bond acceptors (Lipinski definition) is 4. The summed E-state index contributed by atoms with van der Waals surface area (Å²) in [7, 11) is -3.69. The Balaban J connectivity index is 1.91. The zero-order chi connectivity index (χ0) is 18.0. The summed E-state index contributed by atoms with van der Waals surface area (Å²) in [5, 5.41) is 0. The van der Waals surface area contributed by atoms with E-state index in [9.17, 15) is 13.2 Å². The van der Waals surface area contributed by atoms with Crippen LogP contribution in [0.3, 0.4) is 0 Å².